The van der Waals surface area contributed by atoms with E-state index in [4.69, 9.17) is 0 Å². The minimum Gasteiger partial charge on any atom is -0.0622 e. The zero-order valence-electron chi connectivity index (χ0n) is 19.0. The van der Waals surface area contributed by atoms with Gasteiger partial charge in [0.2, 0.25) is 0 Å². The zero-order valence-corrected chi connectivity index (χ0v) is 19.0. The predicted molar refractivity (Wildman–Crippen MR) is 146 cm³/mol. The van der Waals surface area contributed by atoms with Gasteiger partial charge in [0.25, 0.3) is 0 Å². The first-order chi connectivity index (χ1) is 16.9. The van der Waals surface area contributed by atoms with Crippen molar-refractivity contribution < 1.29 is 0 Å². The van der Waals surface area contributed by atoms with Crippen molar-refractivity contribution in [3.05, 3.63) is 179 Å². The van der Waals surface area contributed by atoms with E-state index in [2.05, 4.69) is 158 Å². The third-order valence-corrected chi connectivity index (χ3v) is 5.90. The normalized spacial score (nSPS) is 11.9. The van der Waals surface area contributed by atoms with Crippen LogP contribution in [0.2, 0.25) is 0 Å². The molecular weight excluding hydrogens is 408 g/mol. The third-order valence-electron chi connectivity index (χ3n) is 5.90. The predicted octanol–water partition coefficient (Wildman–Crippen LogP) is 8.86. The second kappa shape index (κ2) is 10.5. The fourth-order valence-corrected chi connectivity index (χ4v) is 4.16. The summed E-state index contributed by atoms with van der Waals surface area (Å²) in [4.78, 5) is 0. The lowest BCUT2D eigenvalue weighted by Gasteiger charge is -2.13. The van der Waals surface area contributed by atoms with Crippen molar-refractivity contribution in [1.29, 1.82) is 0 Å². The second-order valence-electron chi connectivity index (χ2n) is 8.25. The Kier molecular flexibility index (Phi) is 6.59. The average Bonchev–Trinajstić information content (AvgIpc) is 2.93. The van der Waals surface area contributed by atoms with Gasteiger partial charge in [0.1, 0.15) is 0 Å². The molecule has 0 radical (unpaired) electrons. The van der Waals surface area contributed by atoms with Gasteiger partial charge in [-0.1, -0.05) is 146 Å². The van der Waals surface area contributed by atoms with Gasteiger partial charge in [0, 0.05) is 0 Å². The summed E-state index contributed by atoms with van der Waals surface area (Å²) in [6.07, 6.45) is 4.53. The first kappa shape index (κ1) is 21.4. The third kappa shape index (κ3) is 5.14. The van der Waals surface area contributed by atoms with Gasteiger partial charge in [-0.25, -0.2) is 0 Å². The molecule has 0 aliphatic heterocycles. The molecule has 0 unspecified atom stereocenters. The van der Waals surface area contributed by atoms with Crippen LogP contribution in [0.4, 0.5) is 0 Å². The standard InChI is InChI=1S/C34H26/c1-5-13-27(14-6-1)25-33(29-17-9-3-10-18-29)31-21-23-32(24-22-31)34(30-19-11-4-12-20-30)26-28-15-7-2-8-16-28/h1-26H/b33-25+,34-26+. The fraction of sp³-hybridized carbons (Fsp3) is 0. The van der Waals surface area contributed by atoms with Gasteiger partial charge in [-0.15, -0.1) is 0 Å². The second-order valence-corrected chi connectivity index (χ2v) is 8.25. The maximum Gasteiger partial charge on any atom is -0.0105 e. The first-order valence-corrected chi connectivity index (χ1v) is 11.6. The number of benzene rings is 5. The number of hydrogen-bond acceptors (Lipinski definition) is 0. The Bertz CT molecular complexity index is 1270. The molecule has 0 nitrogen and oxygen atoms in total. The van der Waals surface area contributed by atoms with E-state index in [0.29, 0.717) is 0 Å². The molecule has 0 saturated heterocycles. The van der Waals surface area contributed by atoms with Crippen LogP contribution in [0.3, 0.4) is 0 Å². The Morgan fingerprint density at radius 1 is 0.294 bits per heavy atom. The molecular formula is C34H26. The Morgan fingerprint density at radius 2 is 0.559 bits per heavy atom. The molecule has 5 aromatic carbocycles. The first-order valence-electron chi connectivity index (χ1n) is 11.6. The van der Waals surface area contributed by atoms with Crippen molar-refractivity contribution >= 4 is 23.3 Å². The Morgan fingerprint density at radius 3 is 0.882 bits per heavy atom. The minimum atomic E-state index is 1.19. The van der Waals surface area contributed by atoms with E-state index in [1.54, 1.807) is 0 Å². The molecule has 0 spiro atoms. The van der Waals surface area contributed by atoms with Crippen molar-refractivity contribution in [2.24, 2.45) is 0 Å². The van der Waals surface area contributed by atoms with Crippen molar-refractivity contribution in [1.82, 2.24) is 0 Å². The van der Waals surface area contributed by atoms with Crippen LogP contribution < -0.4 is 0 Å². The van der Waals surface area contributed by atoms with Crippen LogP contribution >= 0.6 is 0 Å². The fourth-order valence-electron chi connectivity index (χ4n) is 4.16. The van der Waals surface area contributed by atoms with Crippen LogP contribution in [0.25, 0.3) is 23.3 Å². The smallest absolute Gasteiger partial charge is 0.0105 e. The molecule has 0 aliphatic carbocycles. The van der Waals surface area contributed by atoms with Crippen LogP contribution in [0.5, 0.6) is 0 Å². The quantitative estimate of drug-likeness (QED) is 0.234. The lowest BCUT2D eigenvalue weighted by Crippen LogP contribution is -1.92. The van der Waals surface area contributed by atoms with E-state index in [1.807, 2.05) is 0 Å². The van der Waals surface area contributed by atoms with Crippen LogP contribution in [0, 0.1) is 0 Å². The molecule has 34 heavy (non-hydrogen) atoms. The molecule has 162 valence electrons. The molecule has 0 amide bonds. The molecule has 0 aliphatic rings. The number of rotatable bonds is 6. The minimum absolute atomic E-state index is 1.19. The summed E-state index contributed by atoms with van der Waals surface area (Å²) in [6.45, 7) is 0. The highest BCUT2D eigenvalue weighted by atomic mass is 14.1. The Balaban J connectivity index is 1.57. The SMILES string of the molecule is C(=C(/c1ccccc1)c1ccc(/C(=C/c2ccccc2)c2ccccc2)cc1)/c1ccccc1. The molecule has 0 atom stereocenters. The van der Waals surface area contributed by atoms with E-state index in [-0.39, 0.29) is 0 Å². The maximum atomic E-state index is 2.27. The van der Waals surface area contributed by atoms with Gasteiger partial charge < -0.3 is 0 Å². The van der Waals surface area contributed by atoms with Crippen LogP contribution in [0.15, 0.2) is 146 Å². The number of hydrogen-bond donors (Lipinski definition) is 0. The lowest BCUT2D eigenvalue weighted by molar-refractivity contribution is 1.51. The summed E-state index contributed by atoms with van der Waals surface area (Å²) in [6, 6.07) is 51.2. The van der Waals surface area contributed by atoms with E-state index < -0.39 is 0 Å². The van der Waals surface area contributed by atoms with Gasteiger partial charge in [-0.3, -0.25) is 0 Å². The summed E-state index contributed by atoms with van der Waals surface area (Å²) >= 11 is 0. The van der Waals surface area contributed by atoms with Crippen LogP contribution in [-0.4, -0.2) is 0 Å². The van der Waals surface area contributed by atoms with Gasteiger partial charge >= 0.3 is 0 Å². The van der Waals surface area contributed by atoms with Gasteiger partial charge in [0.05, 0.1) is 0 Å². The molecule has 5 aromatic rings. The van der Waals surface area contributed by atoms with Crippen LogP contribution in [-0.2, 0) is 0 Å². The summed E-state index contributed by atoms with van der Waals surface area (Å²) in [5.41, 5.74) is 9.64. The Labute approximate surface area is 202 Å². The summed E-state index contributed by atoms with van der Waals surface area (Å²) < 4.78 is 0. The topological polar surface area (TPSA) is 0 Å². The summed E-state index contributed by atoms with van der Waals surface area (Å²) in [7, 11) is 0. The summed E-state index contributed by atoms with van der Waals surface area (Å²) in [5, 5.41) is 0. The van der Waals surface area contributed by atoms with E-state index in [9.17, 15) is 0 Å². The summed E-state index contributed by atoms with van der Waals surface area (Å²) in [5.74, 6) is 0. The molecule has 0 saturated carbocycles. The highest BCUT2D eigenvalue weighted by Crippen LogP contribution is 2.30. The molecule has 0 N–H and O–H groups in total. The molecule has 5 rings (SSSR count). The molecule has 0 aromatic heterocycles. The van der Waals surface area contributed by atoms with Gasteiger partial charge in [0.15, 0.2) is 0 Å². The molecule has 0 fully saturated rings. The Hall–Kier alpha value is -4.42. The highest BCUT2D eigenvalue weighted by molar-refractivity contribution is 5.94. The molecule has 0 bridgehead atoms. The molecule has 0 heteroatoms. The van der Waals surface area contributed by atoms with Gasteiger partial charge in [-0.05, 0) is 56.7 Å². The zero-order chi connectivity index (χ0) is 23.0. The average molecular weight is 435 g/mol. The van der Waals surface area contributed by atoms with Crippen molar-refractivity contribution in [3.63, 3.8) is 0 Å². The molecule has 0 heterocycles. The lowest BCUT2D eigenvalue weighted by atomic mass is 9.91. The van der Waals surface area contributed by atoms with E-state index in [0.717, 1.165) is 0 Å². The van der Waals surface area contributed by atoms with Crippen molar-refractivity contribution in [2.75, 3.05) is 0 Å². The van der Waals surface area contributed by atoms with Gasteiger partial charge in [-0.2, -0.15) is 0 Å². The van der Waals surface area contributed by atoms with Crippen LogP contribution in [0.1, 0.15) is 33.4 Å². The maximum absolute atomic E-state index is 2.27. The van der Waals surface area contributed by atoms with Crippen molar-refractivity contribution in [2.45, 2.75) is 0 Å². The van der Waals surface area contributed by atoms with E-state index >= 15 is 0 Å². The van der Waals surface area contributed by atoms with E-state index in [1.165, 1.54) is 44.5 Å². The highest BCUT2D eigenvalue weighted by Gasteiger charge is 2.09. The largest absolute Gasteiger partial charge is 0.0622 e. The van der Waals surface area contributed by atoms with Crippen molar-refractivity contribution in [3.8, 4) is 0 Å². The monoisotopic (exact) mass is 434 g/mol.